The normalized spacial score (nSPS) is 21.2. The van der Waals surface area contributed by atoms with Crippen molar-refractivity contribution in [3.63, 3.8) is 0 Å². The molecule has 0 radical (unpaired) electrons. The van der Waals surface area contributed by atoms with Gasteiger partial charge in [-0.15, -0.1) is 0 Å². The fraction of sp³-hybridized carbons (Fsp3) is 0.316. The minimum Gasteiger partial charge on any atom is -0.465 e. The van der Waals surface area contributed by atoms with E-state index in [9.17, 15) is 14.7 Å². The number of nitrogen functional groups attached to an aromatic ring is 1. The van der Waals surface area contributed by atoms with Gasteiger partial charge in [-0.1, -0.05) is 12.1 Å². The van der Waals surface area contributed by atoms with Crippen LogP contribution in [0.2, 0.25) is 0 Å². The van der Waals surface area contributed by atoms with Crippen LogP contribution in [-0.2, 0) is 0 Å². The minimum absolute atomic E-state index is 0.00656. The number of nitrogens with two attached hydrogens (primary N) is 1. The number of amides is 2. The van der Waals surface area contributed by atoms with Crippen LogP contribution >= 0.6 is 0 Å². The highest BCUT2D eigenvalue weighted by atomic mass is 16.4. The summed E-state index contributed by atoms with van der Waals surface area (Å²) >= 11 is 0. The third-order valence-electron chi connectivity index (χ3n) is 5.25. The van der Waals surface area contributed by atoms with Crippen LogP contribution in [0.4, 0.5) is 22.0 Å². The van der Waals surface area contributed by atoms with Crippen molar-refractivity contribution in [3.8, 4) is 0 Å². The van der Waals surface area contributed by atoms with Gasteiger partial charge in [0, 0.05) is 19.3 Å². The number of nitrogens with one attached hydrogen (secondary N) is 1. The summed E-state index contributed by atoms with van der Waals surface area (Å²) in [7, 11) is 0. The molecule has 2 saturated heterocycles. The van der Waals surface area contributed by atoms with E-state index in [-0.39, 0.29) is 18.0 Å². The third kappa shape index (κ3) is 3.25. The maximum absolute atomic E-state index is 12.4. The average Bonchev–Trinajstić information content (AvgIpc) is 2.94. The van der Waals surface area contributed by atoms with Gasteiger partial charge in [0.05, 0.1) is 29.0 Å². The second kappa shape index (κ2) is 6.79. The number of para-hydroxylation sites is 2. The van der Waals surface area contributed by atoms with Crippen LogP contribution in [0.3, 0.4) is 0 Å². The summed E-state index contributed by atoms with van der Waals surface area (Å²) in [5.41, 5.74) is 7.35. The van der Waals surface area contributed by atoms with Gasteiger partial charge in [-0.3, -0.25) is 9.69 Å². The first-order valence-electron chi connectivity index (χ1n) is 8.91. The number of carbonyl (C=O) groups excluding carboxylic acids is 1. The molecule has 1 aromatic heterocycles. The Morgan fingerprint density at radius 3 is 2.41 bits per heavy atom. The van der Waals surface area contributed by atoms with Gasteiger partial charge in [-0.2, -0.15) is 0 Å². The summed E-state index contributed by atoms with van der Waals surface area (Å²) < 4.78 is 0. The van der Waals surface area contributed by atoms with Crippen molar-refractivity contribution in [1.29, 1.82) is 0 Å². The molecule has 0 aliphatic carbocycles. The van der Waals surface area contributed by atoms with E-state index in [4.69, 9.17) is 5.73 Å². The Hall–Kier alpha value is -3.29. The van der Waals surface area contributed by atoms with Crippen LogP contribution in [0, 0.1) is 0 Å². The van der Waals surface area contributed by atoms with Gasteiger partial charge in [0.15, 0.2) is 0 Å². The van der Waals surface area contributed by atoms with Crippen molar-refractivity contribution in [2.24, 2.45) is 0 Å². The summed E-state index contributed by atoms with van der Waals surface area (Å²) in [6.07, 6.45) is 2.45. The molecule has 140 valence electrons. The van der Waals surface area contributed by atoms with Crippen molar-refractivity contribution >= 4 is 29.2 Å². The van der Waals surface area contributed by atoms with E-state index >= 15 is 0 Å². The number of hydrogen-bond donors (Lipinski definition) is 3. The van der Waals surface area contributed by atoms with Crippen molar-refractivity contribution in [2.45, 2.75) is 24.9 Å². The van der Waals surface area contributed by atoms with Gasteiger partial charge in [0.25, 0.3) is 5.91 Å². The Bertz CT molecular complexity index is 856. The smallest absolute Gasteiger partial charge is 0.407 e. The summed E-state index contributed by atoms with van der Waals surface area (Å²) in [4.78, 5) is 31.9. The first-order chi connectivity index (χ1) is 13.0. The van der Waals surface area contributed by atoms with Crippen LogP contribution in [0.15, 0.2) is 42.6 Å². The molecule has 4 rings (SSSR count). The number of hydrogen-bond acceptors (Lipinski definition) is 5. The van der Waals surface area contributed by atoms with Gasteiger partial charge in [-0.05, 0) is 37.1 Å². The molecule has 4 N–H and O–H groups in total. The summed E-state index contributed by atoms with van der Waals surface area (Å²) in [6.45, 7) is 1.25. The van der Waals surface area contributed by atoms with Crippen LogP contribution in [0.5, 0.6) is 0 Å². The van der Waals surface area contributed by atoms with Crippen molar-refractivity contribution in [1.82, 2.24) is 9.88 Å². The Labute approximate surface area is 156 Å². The largest absolute Gasteiger partial charge is 0.465 e. The monoisotopic (exact) mass is 367 g/mol. The number of rotatable bonds is 3. The molecule has 0 spiro atoms. The molecule has 27 heavy (non-hydrogen) atoms. The topological polar surface area (TPSA) is 112 Å². The summed E-state index contributed by atoms with van der Waals surface area (Å²) in [5.74, 6) is 0.482. The fourth-order valence-electron chi connectivity index (χ4n) is 3.92. The van der Waals surface area contributed by atoms with Crippen LogP contribution in [-0.4, -0.2) is 52.2 Å². The molecule has 2 atom stereocenters. The van der Waals surface area contributed by atoms with Gasteiger partial charge < -0.3 is 21.1 Å². The standard InChI is InChI=1S/C19H21N5O3/c20-15-3-1-2-4-16(15)22-18(25)12-5-8-17(21-9-12)23-10-13-6-7-14(11-23)24(13)19(26)27/h1-5,8-9,13-14H,6-7,10-11,20H2,(H,22,25)(H,26,27). The van der Waals surface area contributed by atoms with E-state index in [1.807, 2.05) is 0 Å². The van der Waals surface area contributed by atoms with Crippen LogP contribution in [0.1, 0.15) is 23.2 Å². The number of fused-ring (bicyclic) bond motifs is 2. The number of anilines is 3. The summed E-state index contributed by atoms with van der Waals surface area (Å²) in [5, 5.41) is 12.1. The highest BCUT2D eigenvalue weighted by Crippen LogP contribution is 2.32. The molecule has 2 amide bonds. The second-order valence-electron chi connectivity index (χ2n) is 6.93. The van der Waals surface area contributed by atoms with Crippen molar-refractivity contribution < 1.29 is 14.7 Å². The molecule has 1 aromatic carbocycles. The molecular weight excluding hydrogens is 346 g/mol. The molecular formula is C19H21N5O3. The maximum Gasteiger partial charge on any atom is 0.407 e. The number of nitrogens with zero attached hydrogens (tertiary/aromatic N) is 3. The Kier molecular flexibility index (Phi) is 4.31. The van der Waals surface area contributed by atoms with E-state index in [1.165, 1.54) is 6.20 Å². The lowest BCUT2D eigenvalue weighted by Gasteiger charge is -2.40. The van der Waals surface area contributed by atoms with E-state index < -0.39 is 6.09 Å². The molecule has 3 heterocycles. The number of piperazine rings is 1. The minimum atomic E-state index is -0.845. The molecule has 2 bridgehead atoms. The number of benzene rings is 1. The zero-order chi connectivity index (χ0) is 19.0. The molecule has 2 unspecified atom stereocenters. The van der Waals surface area contributed by atoms with Crippen LogP contribution < -0.4 is 16.0 Å². The average molecular weight is 367 g/mol. The number of carbonyl (C=O) groups is 2. The quantitative estimate of drug-likeness (QED) is 0.718. The lowest BCUT2D eigenvalue weighted by atomic mass is 10.2. The van der Waals surface area contributed by atoms with Gasteiger partial charge in [-0.25, -0.2) is 9.78 Å². The Balaban J connectivity index is 1.45. The highest BCUT2D eigenvalue weighted by molar-refractivity contribution is 6.05. The van der Waals surface area contributed by atoms with Gasteiger partial charge in [0.2, 0.25) is 0 Å². The third-order valence-corrected chi connectivity index (χ3v) is 5.25. The van der Waals surface area contributed by atoms with Crippen molar-refractivity contribution in [2.75, 3.05) is 29.0 Å². The predicted molar refractivity (Wildman–Crippen MR) is 102 cm³/mol. The number of carboxylic acid groups (broad SMARTS) is 1. The van der Waals surface area contributed by atoms with Crippen LogP contribution in [0.25, 0.3) is 0 Å². The van der Waals surface area contributed by atoms with E-state index in [0.717, 1.165) is 18.7 Å². The maximum atomic E-state index is 12.4. The molecule has 2 aliphatic rings. The lowest BCUT2D eigenvalue weighted by molar-refractivity contribution is 0.102. The molecule has 2 aromatic rings. The van der Waals surface area contributed by atoms with E-state index in [0.29, 0.717) is 30.0 Å². The molecule has 8 nitrogen and oxygen atoms in total. The second-order valence-corrected chi connectivity index (χ2v) is 6.93. The summed E-state index contributed by atoms with van der Waals surface area (Å²) in [6, 6.07) is 10.6. The number of aromatic nitrogens is 1. The Morgan fingerprint density at radius 1 is 1.11 bits per heavy atom. The molecule has 2 aliphatic heterocycles. The predicted octanol–water partition coefficient (Wildman–Crippen LogP) is 2.25. The Morgan fingerprint density at radius 2 is 1.81 bits per heavy atom. The van der Waals surface area contributed by atoms with Gasteiger partial charge >= 0.3 is 6.09 Å². The first-order valence-corrected chi connectivity index (χ1v) is 8.91. The molecule has 8 heteroatoms. The lowest BCUT2D eigenvalue weighted by Crippen LogP contribution is -2.55. The zero-order valence-corrected chi connectivity index (χ0v) is 14.7. The molecule has 2 fully saturated rings. The van der Waals surface area contributed by atoms with E-state index in [2.05, 4.69) is 15.2 Å². The van der Waals surface area contributed by atoms with Gasteiger partial charge in [0.1, 0.15) is 5.82 Å². The zero-order valence-electron chi connectivity index (χ0n) is 14.7. The molecule has 0 saturated carbocycles. The highest BCUT2D eigenvalue weighted by Gasteiger charge is 2.42. The number of pyridine rings is 1. The van der Waals surface area contributed by atoms with E-state index in [1.54, 1.807) is 41.3 Å². The van der Waals surface area contributed by atoms with Crippen molar-refractivity contribution in [3.05, 3.63) is 48.2 Å². The fourth-order valence-corrected chi connectivity index (χ4v) is 3.92. The first kappa shape index (κ1) is 17.1. The SMILES string of the molecule is Nc1ccccc1NC(=O)c1ccc(N2CC3CCC(C2)N3C(=O)O)nc1.